The molecule has 0 N–H and O–H groups in total. The minimum Gasteiger partial charge on any atom is -0.462 e. The Morgan fingerprint density at radius 2 is 1.71 bits per heavy atom. The third kappa shape index (κ3) is 4.42. The van der Waals surface area contributed by atoms with E-state index in [9.17, 15) is 14.9 Å². The van der Waals surface area contributed by atoms with Crippen molar-refractivity contribution in [3.63, 3.8) is 0 Å². The average molecular weight is 285 g/mol. The minimum atomic E-state index is -0.505. The third-order valence-corrected chi connectivity index (χ3v) is 3.00. The second-order valence-electron chi connectivity index (χ2n) is 4.53. The van der Waals surface area contributed by atoms with Gasteiger partial charge in [0.1, 0.15) is 0 Å². The first kappa shape index (κ1) is 14.7. The zero-order chi connectivity index (χ0) is 15.1. The first-order valence-corrected chi connectivity index (χ1v) is 6.62. The van der Waals surface area contributed by atoms with Crippen LogP contribution in [-0.4, -0.2) is 17.5 Å². The molecule has 0 bridgehead atoms. The standard InChI is InChI=1S/C16H15NO4/c18-16(14-8-10-15(11-9-14)17(19)20)21-12-4-7-13-5-2-1-3-6-13/h1-3,5-6,8-11H,4,7,12H2. The van der Waals surface area contributed by atoms with E-state index in [-0.39, 0.29) is 5.69 Å². The molecule has 0 amide bonds. The number of carbonyl (C=O) groups excluding carboxylic acids is 1. The van der Waals surface area contributed by atoms with E-state index in [2.05, 4.69) is 0 Å². The van der Waals surface area contributed by atoms with Crippen molar-refractivity contribution in [1.82, 2.24) is 0 Å². The fourth-order valence-corrected chi connectivity index (χ4v) is 1.89. The smallest absolute Gasteiger partial charge is 0.338 e. The van der Waals surface area contributed by atoms with E-state index in [1.54, 1.807) is 0 Å². The molecule has 0 aliphatic rings. The van der Waals surface area contributed by atoms with Gasteiger partial charge in [0, 0.05) is 12.1 Å². The van der Waals surface area contributed by atoms with Gasteiger partial charge in [-0.1, -0.05) is 30.3 Å². The summed E-state index contributed by atoms with van der Waals surface area (Å²) < 4.78 is 5.14. The maximum Gasteiger partial charge on any atom is 0.338 e. The molecule has 0 heterocycles. The van der Waals surface area contributed by atoms with Crippen molar-refractivity contribution in [1.29, 1.82) is 0 Å². The highest BCUT2D eigenvalue weighted by Gasteiger charge is 2.10. The van der Waals surface area contributed by atoms with E-state index < -0.39 is 10.9 Å². The summed E-state index contributed by atoms with van der Waals surface area (Å²) in [5.41, 5.74) is 1.47. The molecule has 0 aliphatic heterocycles. The molecule has 2 aromatic carbocycles. The number of rotatable bonds is 6. The zero-order valence-corrected chi connectivity index (χ0v) is 11.4. The van der Waals surface area contributed by atoms with Crippen molar-refractivity contribution >= 4 is 11.7 Å². The molecule has 0 saturated heterocycles. The van der Waals surface area contributed by atoms with Crippen LogP contribution in [0, 0.1) is 10.1 Å². The Balaban J connectivity index is 1.78. The Hall–Kier alpha value is -2.69. The van der Waals surface area contributed by atoms with Crippen LogP contribution in [0.2, 0.25) is 0 Å². The van der Waals surface area contributed by atoms with Crippen LogP contribution in [0.4, 0.5) is 5.69 Å². The van der Waals surface area contributed by atoms with Crippen LogP contribution in [0.5, 0.6) is 0 Å². The highest BCUT2D eigenvalue weighted by molar-refractivity contribution is 5.89. The molecule has 0 aromatic heterocycles. The Morgan fingerprint density at radius 1 is 1.05 bits per heavy atom. The molecule has 2 rings (SSSR count). The van der Waals surface area contributed by atoms with E-state index in [1.807, 2.05) is 30.3 Å². The first-order chi connectivity index (χ1) is 10.2. The predicted molar refractivity (Wildman–Crippen MR) is 78.1 cm³/mol. The molecule has 108 valence electrons. The molecule has 5 heteroatoms. The summed E-state index contributed by atoms with van der Waals surface area (Å²) >= 11 is 0. The topological polar surface area (TPSA) is 69.4 Å². The molecule has 0 saturated carbocycles. The van der Waals surface area contributed by atoms with Crippen molar-refractivity contribution in [2.45, 2.75) is 12.8 Å². The van der Waals surface area contributed by atoms with E-state index in [0.717, 1.165) is 12.8 Å². The van der Waals surface area contributed by atoms with Crippen molar-refractivity contribution in [3.8, 4) is 0 Å². The maximum absolute atomic E-state index is 11.7. The average Bonchev–Trinajstić information content (AvgIpc) is 2.52. The molecule has 0 atom stereocenters. The van der Waals surface area contributed by atoms with Crippen LogP contribution in [-0.2, 0) is 11.2 Å². The monoisotopic (exact) mass is 285 g/mol. The van der Waals surface area contributed by atoms with E-state index in [4.69, 9.17) is 4.74 Å². The number of carbonyl (C=O) groups is 1. The number of nitro benzene ring substituents is 1. The van der Waals surface area contributed by atoms with E-state index in [1.165, 1.54) is 29.8 Å². The zero-order valence-electron chi connectivity index (χ0n) is 11.4. The molecule has 2 aromatic rings. The van der Waals surface area contributed by atoms with Crippen LogP contribution in [0.15, 0.2) is 54.6 Å². The molecule has 21 heavy (non-hydrogen) atoms. The van der Waals surface area contributed by atoms with Crippen LogP contribution in [0.25, 0.3) is 0 Å². The van der Waals surface area contributed by atoms with Crippen LogP contribution in [0.3, 0.4) is 0 Å². The third-order valence-electron chi connectivity index (χ3n) is 3.00. The molecule has 0 spiro atoms. The quantitative estimate of drug-likeness (QED) is 0.353. The second-order valence-corrected chi connectivity index (χ2v) is 4.53. The van der Waals surface area contributed by atoms with Crippen molar-refractivity contribution < 1.29 is 14.5 Å². The molecule has 0 unspecified atom stereocenters. The molecular weight excluding hydrogens is 270 g/mol. The number of non-ortho nitro benzene ring substituents is 1. The summed E-state index contributed by atoms with van der Waals surface area (Å²) in [6, 6.07) is 15.3. The minimum absolute atomic E-state index is 0.0457. The largest absolute Gasteiger partial charge is 0.462 e. The fraction of sp³-hybridized carbons (Fsp3) is 0.188. The van der Waals surface area contributed by atoms with Crippen molar-refractivity contribution in [3.05, 3.63) is 75.8 Å². The van der Waals surface area contributed by atoms with Gasteiger partial charge in [-0.05, 0) is 30.5 Å². The van der Waals surface area contributed by atoms with Gasteiger partial charge in [-0.2, -0.15) is 0 Å². The van der Waals surface area contributed by atoms with Gasteiger partial charge < -0.3 is 4.74 Å². The first-order valence-electron chi connectivity index (χ1n) is 6.62. The summed E-state index contributed by atoms with van der Waals surface area (Å²) in [5, 5.41) is 10.5. The lowest BCUT2D eigenvalue weighted by atomic mass is 10.1. The Kier molecular flexibility index (Phi) is 5.04. The van der Waals surface area contributed by atoms with Gasteiger partial charge in [0.05, 0.1) is 17.1 Å². The van der Waals surface area contributed by atoms with Gasteiger partial charge in [-0.25, -0.2) is 4.79 Å². The molecular formula is C16H15NO4. The summed E-state index contributed by atoms with van der Waals surface area (Å²) in [6.07, 6.45) is 1.58. The van der Waals surface area contributed by atoms with Crippen LogP contribution in [0.1, 0.15) is 22.3 Å². The summed E-state index contributed by atoms with van der Waals surface area (Å²) in [5.74, 6) is -0.460. The normalized spacial score (nSPS) is 10.1. The van der Waals surface area contributed by atoms with Crippen LogP contribution < -0.4 is 0 Å². The lowest BCUT2D eigenvalue weighted by molar-refractivity contribution is -0.384. The number of nitro groups is 1. The van der Waals surface area contributed by atoms with E-state index in [0.29, 0.717) is 12.2 Å². The number of hydrogen-bond donors (Lipinski definition) is 0. The summed E-state index contributed by atoms with van der Waals surface area (Å²) in [4.78, 5) is 21.8. The number of aryl methyl sites for hydroxylation is 1. The lowest BCUT2D eigenvalue weighted by Crippen LogP contribution is -2.07. The lowest BCUT2D eigenvalue weighted by Gasteiger charge is -2.05. The number of nitrogens with zero attached hydrogens (tertiary/aromatic N) is 1. The number of esters is 1. The highest BCUT2D eigenvalue weighted by Crippen LogP contribution is 2.13. The second kappa shape index (κ2) is 7.19. The molecule has 0 radical (unpaired) electrons. The van der Waals surface area contributed by atoms with Crippen molar-refractivity contribution in [2.24, 2.45) is 0 Å². The van der Waals surface area contributed by atoms with Crippen LogP contribution >= 0.6 is 0 Å². The van der Waals surface area contributed by atoms with Crippen molar-refractivity contribution in [2.75, 3.05) is 6.61 Å². The summed E-state index contributed by atoms with van der Waals surface area (Å²) in [7, 11) is 0. The predicted octanol–water partition coefficient (Wildman–Crippen LogP) is 3.38. The van der Waals surface area contributed by atoms with Gasteiger partial charge >= 0.3 is 5.97 Å². The highest BCUT2D eigenvalue weighted by atomic mass is 16.6. The Morgan fingerprint density at radius 3 is 2.33 bits per heavy atom. The molecule has 5 nitrogen and oxygen atoms in total. The van der Waals surface area contributed by atoms with Gasteiger partial charge in [0.25, 0.3) is 5.69 Å². The van der Waals surface area contributed by atoms with Gasteiger partial charge in [-0.15, -0.1) is 0 Å². The van der Waals surface area contributed by atoms with Gasteiger partial charge in [0.2, 0.25) is 0 Å². The molecule has 0 fully saturated rings. The van der Waals surface area contributed by atoms with Gasteiger partial charge in [-0.3, -0.25) is 10.1 Å². The number of ether oxygens (including phenoxy) is 1. The Bertz CT molecular complexity index is 608. The number of benzene rings is 2. The SMILES string of the molecule is O=C(OCCCc1ccccc1)c1ccc([N+](=O)[O-])cc1. The number of hydrogen-bond acceptors (Lipinski definition) is 4. The summed E-state index contributed by atoms with van der Waals surface area (Å²) in [6.45, 7) is 0.324. The van der Waals surface area contributed by atoms with E-state index >= 15 is 0 Å². The Labute approximate surface area is 122 Å². The van der Waals surface area contributed by atoms with Gasteiger partial charge in [0.15, 0.2) is 0 Å². The maximum atomic E-state index is 11.7. The fourth-order valence-electron chi connectivity index (χ4n) is 1.89. The molecule has 0 aliphatic carbocycles.